The number of amides is 1. The summed E-state index contributed by atoms with van der Waals surface area (Å²) in [7, 11) is 0. The van der Waals surface area contributed by atoms with Crippen LogP contribution in [0.3, 0.4) is 0 Å². The lowest BCUT2D eigenvalue weighted by Gasteiger charge is -2.22. The first-order valence-corrected chi connectivity index (χ1v) is 7.54. The van der Waals surface area contributed by atoms with Gasteiger partial charge in [0.15, 0.2) is 0 Å². The van der Waals surface area contributed by atoms with Gasteiger partial charge in [-0.2, -0.15) is 0 Å². The van der Waals surface area contributed by atoms with Gasteiger partial charge in [0, 0.05) is 23.1 Å². The molecule has 0 unspecified atom stereocenters. The summed E-state index contributed by atoms with van der Waals surface area (Å²) in [5, 5.41) is 9.20. The number of halogens is 1. The highest BCUT2D eigenvalue weighted by atomic mass is 79.9. The SMILES string of the molecule is CCCN(CCC)C(=O)c1cc(Br)c(C)c(C(=O)O)c1. The van der Waals surface area contributed by atoms with Crippen LogP contribution < -0.4 is 0 Å². The molecule has 0 bridgehead atoms. The van der Waals surface area contributed by atoms with Crippen molar-refractivity contribution in [3.05, 3.63) is 33.3 Å². The van der Waals surface area contributed by atoms with E-state index in [1.807, 2.05) is 13.8 Å². The largest absolute Gasteiger partial charge is 0.478 e. The predicted molar refractivity (Wildman–Crippen MR) is 82.3 cm³/mol. The fourth-order valence-electron chi connectivity index (χ4n) is 2.06. The minimum absolute atomic E-state index is 0.114. The summed E-state index contributed by atoms with van der Waals surface area (Å²) in [6, 6.07) is 3.16. The smallest absolute Gasteiger partial charge is 0.336 e. The van der Waals surface area contributed by atoms with E-state index in [-0.39, 0.29) is 11.5 Å². The summed E-state index contributed by atoms with van der Waals surface area (Å²) in [5.74, 6) is -1.13. The minimum atomic E-state index is -1.02. The van der Waals surface area contributed by atoms with Crippen LogP contribution in [0.4, 0.5) is 0 Å². The van der Waals surface area contributed by atoms with E-state index in [1.54, 1.807) is 17.9 Å². The Bertz CT molecular complexity index is 508. The second kappa shape index (κ2) is 7.43. The highest BCUT2D eigenvalue weighted by molar-refractivity contribution is 9.10. The third-order valence-electron chi connectivity index (χ3n) is 3.10. The molecule has 0 aromatic heterocycles. The molecule has 1 aromatic carbocycles. The highest BCUT2D eigenvalue weighted by Crippen LogP contribution is 2.23. The first-order valence-electron chi connectivity index (χ1n) is 6.75. The van der Waals surface area contributed by atoms with Crippen molar-refractivity contribution in [1.82, 2.24) is 4.90 Å². The van der Waals surface area contributed by atoms with Crippen LogP contribution in [-0.2, 0) is 0 Å². The lowest BCUT2D eigenvalue weighted by Crippen LogP contribution is -2.32. The zero-order valence-electron chi connectivity index (χ0n) is 12.1. The van der Waals surface area contributed by atoms with Crippen molar-refractivity contribution < 1.29 is 14.7 Å². The van der Waals surface area contributed by atoms with Crippen LogP contribution in [-0.4, -0.2) is 35.0 Å². The highest BCUT2D eigenvalue weighted by Gasteiger charge is 2.19. The van der Waals surface area contributed by atoms with Crippen LogP contribution in [0.5, 0.6) is 0 Å². The Morgan fingerprint density at radius 1 is 1.20 bits per heavy atom. The Morgan fingerprint density at radius 3 is 2.20 bits per heavy atom. The Kier molecular flexibility index (Phi) is 6.20. The van der Waals surface area contributed by atoms with Gasteiger partial charge in [-0.1, -0.05) is 29.8 Å². The van der Waals surface area contributed by atoms with Crippen LogP contribution in [0.15, 0.2) is 16.6 Å². The fraction of sp³-hybridized carbons (Fsp3) is 0.467. The molecule has 0 saturated carbocycles. The summed E-state index contributed by atoms with van der Waals surface area (Å²) in [6.07, 6.45) is 1.76. The van der Waals surface area contributed by atoms with Crippen LogP contribution in [0.2, 0.25) is 0 Å². The van der Waals surface area contributed by atoms with E-state index in [4.69, 9.17) is 0 Å². The molecule has 4 nitrogen and oxygen atoms in total. The van der Waals surface area contributed by atoms with E-state index in [9.17, 15) is 14.7 Å². The van der Waals surface area contributed by atoms with Crippen LogP contribution in [0.25, 0.3) is 0 Å². The van der Waals surface area contributed by atoms with Gasteiger partial charge >= 0.3 is 5.97 Å². The van der Waals surface area contributed by atoms with Gasteiger partial charge in [-0.3, -0.25) is 4.79 Å². The molecule has 0 saturated heterocycles. The van der Waals surface area contributed by atoms with E-state index < -0.39 is 5.97 Å². The maximum Gasteiger partial charge on any atom is 0.336 e. The van der Waals surface area contributed by atoms with Crippen molar-refractivity contribution in [3.63, 3.8) is 0 Å². The molecule has 1 N–H and O–H groups in total. The van der Waals surface area contributed by atoms with Crippen molar-refractivity contribution in [1.29, 1.82) is 0 Å². The van der Waals surface area contributed by atoms with Gasteiger partial charge < -0.3 is 10.0 Å². The minimum Gasteiger partial charge on any atom is -0.478 e. The molecule has 110 valence electrons. The third kappa shape index (κ3) is 3.82. The van der Waals surface area contributed by atoms with Gasteiger partial charge in [-0.25, -0.2) is 4.79 Å². The number of hydrogen-bond donors (Lipinski definition) is 1. The van der Waals surface area contributed by atoms with Gasteiger partial charge in [-0.15, -0.1) is 0 Å². The standard InChI is InChI=1S/C15H20BrNO3/c1-4-6-17(7-5-2)14(18)11-8-12(15(19)20)10(3)13(16)9-11/h8-9H,4-7H2,1-3H3,(H,19,20). The Labute approximate surface area is 127 Å². The first kappa shape index (κ1) is 16.7. The lowest BCUT2D eigenvalue weighted by atomic mass is 10.0. The van der Waals surface area contributed by atoms with E-state index in [0.29, 0.717) is 28.7 Å². The zero-order valence-corrected chi connectivity index (χ0v) is 13.7. The summed E-state index contributed by atoms with van der Waals surface area (Å²) in [4.78, 5) is 25.5. The van der Waals surface area contributed by atoms with Crippen molar-refractivity contribution in [2.45, 2.75) is 33.6 Å². The fourth-order valence-corrected chi connectivity index (χ4v) is 2.52. The summed E-state index contributed by atoms with van der Waals surface area (Å²) in [5.41, 5.74) is 1.21. The molecule has 0 aliphatic heterocycles. The number of carbonyl (C=O) groups is 2. The van der Waals surface area contributed by atoms with Gasteiger partial charge in [-0.05, 0) is 37.5 Å². The summed E-state index contributed by atoms with van der Waals surface area (Å²) < 4.78 is 0.647. The van der Waals surface area contributed by atoms with Gasteiger partial charge in [0.05, 0.1) is 5.56 Å². The molecule has 0 atom stereocenters. The molecule has 1 aromatic rings. The van der Waals surface area contributed by atoms with E-state index in [0.717, 1.165) is 12.8 Å². The second-order valence-electron chi connectivity index (χ2n) is 4.73. The van der Waals surface area contributed by atoms with E-state index in [2.05, 4.69) is 15.9 Å². The van der Waals surface area contributed by atoms with Gasteiger partial charge in [0.2, 0.25) is 0 Å². The number of benzene rings is 1. The number of carbonyl (C=O) groups excluding carboxylic acids is 1. The summed E-state index contributed by atoms with van der Waals surface area (Å²) in [6.45, 7) is 7.12. The molecule has 1 rings (SSSR count). The quantitative estimate of drug-likeness (QED) is 0.857. The average Bonchev–Trinajstić information content (AvgIpc) is 2.40. The Morgan fingerprint density at radius 2 is 1.75 bits per heavy atom. The molecule has 20 heavy (non-hydrogen) atoms. The number of hydrogen-bond acceptors (Lipinski definition) is 2. The third-order valence-corrected chi connectivity index (χ3v) is 3.92. The molecule has 5 heteroatoms. The number of rotatable bonds is 6. The number of carboxylic acids is 1. The number of carboxylic acid groups (broad SMARTS) is 1. The molecular formula is C15H20BrNO3. The van der Waals surface area contributed by atoms with Crippen LogP contribution in [0.1, 0.15) is 53.0 Å². The second-order valence-corrected chi connectivity index (χ2v) is 5.58. The van der Waals surface area contributed by atoms with Crippen LogP contribution in [0, 0.1) is 6.92 Å². The molecule has 1 amide bonds. The molecule has 0 radical (unpaired) electrons. The normalized spacial score (nSPS) is 10.4. The molecule has 0 aliphatic carbocycles. The molecular weight excluding hydrogens is 322 g/mol. The van der Waals surface area contributed by atoms with Crippen molar-refractivity contribution in [2.24, 2.45) is 0 Å². The zero-order chi connectivity index (χ0) is 15.3. The van der Waals surface area contributed by atoms with Gasteiger partial charge in [0.1, 0.15) is 0 Å². The average molecular weight is 342 g/mol. The van der Waals surface area contributed by atoms with E-state index in [1.165, 1.54) is 6.07 Å². The molecule has 0 heterocycles. The Balaban J connectivity index is 3.18. The summed E-state index contributed by atoms with van der Waals surface area (Å²) >= 11 is 3.33. The van der Waals surface area contributed by atoms with Crippen molar-refractivity contribution in [2.75, 3.05) is 13.1 Å². The van der Waals surface area contributed by atoms with Crippen molar-refractivity contribution >= 4 is 27.8 Å². The Hall–Kier alpha value is -1.36. The maximum absolute atomic E-state index is 12.5. The monoisotopic (exact) mass is 341 g/mol. The predicted octanol–water partition coefficient (Wildman–Crippen LogP) is 3.72. The lowest BCUT2D eigenvalue weighted by molar-refractivity contribution is 0.0696. The number of aromatic carboxylic acids is 1. The molecule has 0 fully saturated rings. The van der Waals surface area contributed by atoms with Crippen LogP contribution >= 0.6 is 15.9 Å². The molecule has 0 spiro atoms. The van der Waals surface area contributed by atoms with E-state index >= 15 is 0 Å². The maximum atomic E-state index is 12.5. The first-order chi connectivity index (χ1) is 9.42. The number of nitrogens with zero attached hydrogens (tertiary/aromatic N) is 1. The molecule has 0 aliphatic rings. The topological polar surface area (TPSA) is 57.6 Å². The van der Waals surface area contributed by atoms with Gasteiger partial charge in [0.25, 0.3) is 5.91 Å². The van der Waals surface area contributed by atoms with Crippen molar-refractivity contribution in [3.8, 4) is 0 Å².